The van der Waals surface area contributed by atoms with Crippen LogP contribution in [0.5, 0.6) is 0 Å². The van der Waals surface area contributed by atoms with Crippen molar-refractivity contribution in [3.8, 4) is 0 Å². The molecule has 7 nitrogen and oxygen atoms in total. The quantitative estimate of drug-likeness (QED) is 0.753. The lowest BCUT2D eigenvalue weighted by molar-refractivity contribution is 0.00664. The number of aromatic nitrogens is 2. The molecule has 0 N–H and O–H groups in total. The summed E-state index contributed by atoms with van der Waals surface area (Å²) < 4.78 is 5.54. The van der Waals surface area contributed by atoms with Crippen LogP contribution in [0.25, 0.3) is 0 Å². The van der Waals surface area contributed by atoms with Crippen LogP contribution in [0.3, 0.4) is 0 Å². The van der Waals surface area contributed by atoms with E-state index >= 15 is 0 Å². The second-order valence-electron chi connectivity index (χ2n) is 9.88. The molecule has 0 saturated carbocycles. The van der Waals surface area contributed by atoms with Gasteiger partial charge in [0.25, 0.3) is 0 Å². The molecule has 3 saturated heterocycles. The number of likely N-dealkylation sites (tertiary alicyclic amines) is 1. The Bertz CT molecular complexity index is 708. The maximum atomic E-state index is 12.3. The van der Waals surface area contributed by atoms with E-state index < -0.39 is 5.60 Å². The van der Waals surface area contributed by atoms with E-state index in [0.717, 1.165) is 76.6 Å². The third-order valence-electron chi connectivity index (χ3n) is 6.69. The minimum Gasteiger partial charge on any atom is -0.444 e. The van der Waals surface area contributed by atoms with Crippen molar-refractivity contribution in [2.75, 3.05) is 49.1 Å². The predicted octanol–water partition coefficient (Wildman–Crippen LogP) is 3.69. The lowest BCUT2D eigenvalue weighted by Crippen LogP contribution is -2.49. The van der Waals surface area contributed by atoms with E-state index in [9.17, 15) is 4.79 Å². The van der Waals surface area contributed by atoms with Gasteiger partial charge in [-0.25, -0.2) is 14.8 Å². The van der Waals surface area contributed by atoms with Gasteiger partial charge in [0.05, 0.1) is 0 Å². The second-order valence-corrected chi connectivity index (χ2v) is 9.88. The molecule has 0 bridgehead atoms. The highest BCUT2D eigenvalue weighted by Gasteiger charge is 2.39. The van der Waals surface area contributed by atoms with Gasteiger partial charge >= 0.3 is 6.09 Å². The molecule has 1 spiro atoms. The molecule has 4 rings (SSSR count). The zero-order chi connectivity index (χ0) is 20.5. The maximum Gasteiger partial charge on any atom is 0.410 e. The molecule has 3 aliphatic rings. The Hall–Kier alpha value is -2.05. The Kier molecular flexibility index (Phi) is 5.58. The van der Waals surface area contributed by atoms with E-state index in [-0.39, 0.29) is 6.09 Å². The number of nitrogens with zero attached hydrogens (tertiary/aromatic N) is 5. The minimum absolute atomic E-state index is 0.166. The van der Waals surface area contributed by atoms with Gasteiger partial charge in [-0.15, -0.1) is 0 Å². The number of ether oxygens (including phenoxy) is 1. The zero-order valence-electron chi connectivity index (χ0n) is 18.2. The lowest BCUT2D eigenvalue weighted by atomic mass is 9.71. The van der Waals surface area contributed by atoms with E-state index in [1.807, 2.05) is 25.7 Å². The van der Waals surface area contributed by atoms with Crippen LogP contribution < -0.4 is 9.80 Å². The van der Waals surface area contributed by atoms with Gasteiger partial charge in [0.1, 0.15) is 23.6 Å². The van der Waals surface area contributed by atoms with Crippen LogP contribution in [-0.4, -0.2) is 65.8 Å². The number of carbonyl (C=O) groups is 1. The van der Waals surface area contributed by atoms with Crippen LogP contribution in [0.2, 0.25) is 0 Å². The Labute approximate surface area is 174 Å². The van der Waals surface area contributed by atoms with Gasteiger partial charge in [0, 0.05) is 45.3 Å². The summed E-state index contributed by atoms with van der Waals surface area (Å²) in [4.78, 5) is 28.0. The van der Waals surface area contributed by atoms with Crippen LogP contribution in [-0.2, 0) is 4.74 Å². The molecule has 160 valence electrons. The maximum absolute atomic E-state index is 12.3. The van der Waals surface area contributed by atoms with Gasteiger partial charge < -0.3 is 19.4 Å². The van der Waals surface area contributed by atoms with Gasteiger partial charge in [-0.2, -0.15) is 0 Å². The van der Waals surface area contributed by atoms with Crippen molar-refractivity contribution in [2.24, 2.45) is 5.41 Å². The van der Waals surface area contributed by atoms with Gasteiger partial charge in [-0.1, -0.05) is 0 Å². The molecule has 4 heterocycles. The highest BCUT2D eigenvalue weighted by atomic mass is 16.6. The van der Waals surface area contributed by atoms with E-state index in [2.05, 4.69) is 25.8 Å². The van der Waals surface area contributed by atoms with E-state index in [4.69, 9.17) is 4.74 Å². The third-order valence-corrected chi connectivity index (χ3v) is 6.69. The minimum atomic E-state index is -0.428. The normalized spacial score (nSPS) is 22.2. The topological polar surface area (TPSA) is 61.8 Å². The van der Waals surface area contributed by atoms with E-state index in [0.29, 0.717) is 5.41 Å². The SMILES string of the molecule is CC(C)(C)OC(=O)N1CCC2(CC1)CCN(c1cc(N3CCCC3)ncn1)CC2. The molecule has 1 aromatic rings. The van der Waals surface area contributed by atoms with Gasteiger partial charge in [-0.05, 0) is 64.7 Å². The van der Waals surface area contributed by atoms with Crippen LogP contribution in [0.4, 0.5) is 16.4 Å². The fourth-order valence-electron chi connectivity index (χ4n) is 4.83. The summed E-state index contributed by atoms with van der Waals surface area (Å²) in [6, 6.07) is 2.16. The van der Waals surface area contributed by atoms with E-state index in [1.165, 1.54) is 12.8 Å². The van der Waals surface area contributed by atoms with Crippen molar-refractivity contribution in [3.63, 3.8) is 0 Å². The smallest absolute Gasteiger partial charge is 0.410 e. The summed E-state index contributed by atoms with van der Waals surface area (Å²) in [5, 5.41) is 0. The molecular weight excluding hydrogens is 366 g/mol. The molecule has 0 radical (unpaired) electrons. The summed E-state index contributed by atoms with van der Waals surface area (Å²) in [5.41, 5.74) is -0.0666. The summed E-state index contributed by atoms with van der Waals surface area (Å²) in [6.07, 6.45) is 8.53. The van der Waals surface area contributed by atoms with Crippen molar-refractivity contribution in [3.05, 3.63) is 12.4 Å². The number of rotatable bonds is 2. The Morgan fingerprint density at radius 3 is 1.97 bits per heavy atom. The van der Waals surface area contributed by atoms with Crippen LogP contribution >= 0.6 is 0 Å². The van der Waals surface area contributed by atoms with Crippen molar-refractivity contribution in [1.82, 2.24) is 14.9 Å². The summed E-state index contributed by atoms with van der Waals surface area (Å²) in [5.74, 6) is 2.13. The average molecular weight is 402 g/mol. The number of hydrogen-bond acceptors (Lipinski definition) is 6. The standard InChI is InChI=1S/C22H35N5O2/c1-21(2,3)29-20(28)27-14-8-22(9-15-27)6-12-26(13-7-22)19-16-18(23-17-24-19)25-10-4-5-11-25/h16-17H,4-15H2,1-3H3. The third kappa shape index (κ3) is 4.75. The predicted molar refractivity (Wildman–Crippen MR) is 114 cm³/mol. The van der Waals surface area contributed by atoms with Gasteiger partial charge in [0.15, 0.2) is 0 Å². The number of hydrogen-bond donors (Lipinski definition) is 0. The second kappa shape index (κ2) is 8.00. The molecule has 7 heteroatoms. The van der Waals surface area contributed by atoms with Crippen LogP contribution in [0, 0.1) is 5.41 Å². The number of amides is 1. The van der Waals surface area contributed by atoms with Crippen molar-refractivity contribution < 1.29 is 9.53 Å². The largest absolute Gasteiger partial charge is 0.444 e. The lowest BCUT2D eigenvalue weighted by Gasteiger charge is -2.47. The molecule has 0 aliphatic carbocycles. The van der Waals surface area contributed by atoms with E-state index in [1.54, 1.807) is 6.33 Å². The molecule has 0 aromatic carbocycles. The monoisotopic (exact) mass is 401 g/mol. The van der Waals surface area contributed by atoms with Crippen LogP contribution in [0.1, 0.15) is 59.3 Å². The Morgan fingerprint density at radius 1 is 0.897 bits per heavy atom. The fourth-order valence-corrected chi connectivity index (χ4v) is 4.83. The highest BCUT2D eigenvalue weighted by Crippen LogP contribution is 2.42. The number of carbonyl (C=O) groups excluding carboxylic acids is 1. The first-order chi connectivity index (χ1) is 13.8. The molecule has 0 unspecified atom stereocenters. The molecular formula is C22H35N5O2. The van der Waals surface area contributed by atoms with Gasteiger partial charge in [0.2, 0.25) is 0 Å². The summed E-state index contributed by atoms with van der Waals surface area (Å²) in [7, 11) is 0. The number of piperidine rings is 2. The van der Waals surface area contributed by atoms with Crippen molar-refractivity contribution in [1.29, 1.82) is 0 Å². The molecule has 3 aliphatic heterocycles. The van der Waals surface area contributed by atoms with Crippen molar-refractivity contribution in [2.45, 2.75) is 64.9 Å². The first kappa shape index (κ1) is 20.2. The molecule has 0 atom stereocenters. The first-order valence-corrected chi connectivity index (χ1v) is 11.1. The van der Waals surface area contributed by atoms with Crippen LogP contribution in [0.15, 0.2) is 12.4 Å². The van der Waals surface area contributed by atoms with Crippen molar-refractivity contribution >= 4 is 17.7 Å². The Morgan fingerprint density at radius 2 is 1.41 bits per heavy atom. The Balaban J connectivity index is 1.31. The first-order valence-electron chi connectivity index (χ1n) is 11.1. The fraction of sp³-hybridized carbons (Fsp3) is 0.773. The molecule has 3 fully saturated rings. The molecule has 29 heavy (non-hydrogen) atoms. The number of anilines is 2. The molecule has 1 aromatic heterocycles. The summed E-state index contributed by atoms with van der Waals surface area (Å²) in [6.45, 7) is 11.7. The van der Waals surface area contributed by atoms with Gasteiger partial charge in [-0.3, -0.25) is 0 Å². The zero-order valence-corrected chi connectivity index (χ0v) is 18.2. The summed E-state index contributed by atoms with van der Waals surface area (Å²) >= 11 is 0. The highest BCUT2D eigenvalue weighted by molar-refractivity contribution is 5.68. The average Bonchev–Trinajstić information content (AvgIpc) is 3.23. The molecule has 1 amide bonds.